The Kier molecular flexibility index (Phi) is 5.59. The van der Waals surface area contributed by atoms with Gasteiger partial charge in [-0.1, -0.05) is 0 Å². The van der Waals surface area contributed by atoms with Crippen molar-refractivity contribution in [2.24, 2.45) is 5.92 Å². The van der Waals surface area contributed by atoms with Crippen LogP contribution >= 0.6 is 0 Å². The SMILES string of the molecule is CCN(CC1CCCNC1)c1cc(OC(C)C)ncn1. The first kappa shape index (κ1) is 15.0. The number of ether oxygens (including phenoxy) is 1. The summed E-state index contributed by atoms with van der Waals surface area (Å²) in [7, 11) is 0. The molecule has 0 aliphatic carbocycles. The van der Waals surface area contributed by atoms with E-state index in [2.05, 4.69) is 27.1 Å². The maximum atomic E-state index is 5.65. The molecule has 1 aromatic heterocycles. The lowest BCUT2D eigenvalue weighted by atomic mass is 9.99. The van der Waals surface area contributed by atoms with Gasteiger partial charge in [-0.25, -0.2) is 9.97 Å². The Morgan fingerprint density at radius 2 is 2.30 bits per heavy atom. The fraction of sp³-hybridized carbons (Fsp3) is 0.733. The van der Waals surface area contributed by atoms with Crippen LogP contribution < -0.4 is 15.0 Å². The fourth-order valence-corrected chi connectivity index (χ4v) is 2.58. The molecule has 0 spiro atoms. The summed E-state index contributed by atoms with van der Waals surface area (Å²) < 4.78 is 5.65. The molecule has 1 unspecified atom stereocenters. The molecule has 1 saturated heterocycles. The van der Waals surface area contributed by atoms with E-state index in [1.54, 1.807) is 6.33 Å². The van der Waals surface area contributed by atoms with Crippen molar-refractivity contribution >= 4 is 5.82 Å². The Bertz CT molecular complexity index is 405. The van der Waals surface area contributed by atoms with Crippen LogP contribution in [0.5, 0.6) is 5.88 Å². The van der Waals surface area contributed by atoms with Crippen molar-refractivity contribution in [2.45, 2.75) is 39.7 Å². The van der Waals surface area contributed by atoms with Crippen LogP contribution in [0.3, 0.4) is 0 Å². The van der Waals surface area contributed by atoms with E-state index >= 15 is 0 Å². The molecule has 1 atom stereocenters. The van der Waals surface area contributed by atoms with Gasteiger partial charge in [0.25, 0.3) is 0 Å². The van der Waals surface area contributed by atoms with E-state index in [1.807, 2.05) is 19.9 Å². The van der Waals surface area contributed by atoms with Gasteiger partial charge >= 0.3 is 0 Å². The van der Waals surface area contributed by atoms with Crippen LogP contribution in [0.25, 0.3) is 0 Å². The van der Waals surface area contributed by atoms with Gasteiger partial charge in [-0.05, 0) is 52.6 Å². The lowest BCUT2D eigenvalue weighted by Gasteiger charge is -2.30. The molecule has 2 rings (SSSR count). The third-order valence-corrected chi connectivity index (χ3v) is 3.57. The van der Waals surface area contributed by atoms with Crippen molar-refractivity contribution in [3.63, 3.8) is 0 Å². The van der Waals surface area contributed by atoms with Gasteiger partial charge in [0, 0.05) is 19.2 Å². The molecule has 0 bridgehead atoms. The number of nitrogens with zero attached hydrogens (tertiary/aromatic N) is 3. The second kappa shape index (κ2) is 7.43. The Hall–Kier alpha value is -1.36. The molecule has 1 aromatic rings. The molecule has 112 valence electrons. The summed E-state index contributed by atoms with van der Waals surface area (Å²) in [5, 5.41) is 3.47. The molecule has 0 saturated carbocycles. The van der Waals surface area contributed by atoms with E-state index in [1.165, 1.54) is 12.8 Å². The highest BCUT2D eigenvalue weighted by Crippen LogP contribution is 2.20. The van der Waals surface area contributed by atoms with E-state index in [0.717, 1.165) is 32.0 Å². The van der Waals surface area contributed by atoms with Gasteiger partial charge in [0.2, 0.25) is 5.88 Å². The van der Waals surface area contributed by atoms with Gasteiger partial charge in [-0.3, -0.25) is 0 Å². The van der Waals surface area contributed by atoms with Gasteiger partial charge in [0.1, 0.15) is 12.1 Å². The summed E-state index contributed by atoms with van der Waals surface area (Å²) in [4.78, 5) is 10.9. The number of anilines is 1. The van der Waals surface area contributed by atoms with Crippen molar-refractivity contribution < 1.29 is 4.74 Å². The monoisotopic (exact) mass is 278 g/mol. The zero-order valence-corrected chi connectivity index (χ0v) is 12.8. The van der Waals surface area contributed by atoms with Gasteiger partial charge in [0.05, 0.1) is 6.10 Å². The Balaban J connectivity index is 2.02. The Morgan fingerprint density at radius 3 is 2.95 bits per heavy atom. The van der Waals surface area contributed by atoms with Crippen molar-refractivity contribution in [3.8, 4) is 5.88 Å². The quantitative estimate of drug-likeness (QED) is 0.863. The van der Waals surface area contributed by atoms with Gasteiger partial charge < -0.3 is 15.0 Å². The van der Waals surface area contributed by atoms with E-state index in [4.69, 9.17) is 4.74 Å². The van der Waals surface area contributed by atoms with Crippen molar-refractivity contribution in [2.75, 3.05) is 31.1 Å². The highest BCUT2D eigenvalue weighted by molar-refractivity contribution is 5.40. The second-order valence-electron chi connectivity index (χ2n) is 5.63. The van der Waals surface area contributed by atoms with Gasteiger partial charge in [-0.2, -0.15) is 0 Å². The van der Waals surface area contributed by atoms with Crippen LogP contribution in [0.15, 0.2) is 12.4 Å². The number of piperidine rings is 1. The molecule has 0 radical (unpaired) electrons. The van der Waals surface area contributed by atoms with Crippen LogP contribution in [-0.4, -0.2) is 42.3 Å². The minimum atomic E-state index is 0.135. The van der Waals surface area contributed by atoms with Crippen molar-refractivity contribution in [3.05, 3.63) is 12.4 Å². The standard InChI is InChI=1S/C15H26N4O/c1-4-19(10-13-6-5-7-16-9-13)14-8-15(18-11-17-14)20-12(2)3/h8,11-13,16H,4-7,9-10H2,1-3H3. The van der Waals surface area contributed by atoms with Gasteiger partial charge in [0.15, 0.2) is 0 Å². The molecule has 5 nitrogen and oxygen atoms in total. The lowest BCUT2D eigenvalue weighted by Crippen LogP contribution is -2.38. The Labute approximate surface area is 121 Å². The first-order valence-electron chi connectivity index (χ1n) is 7.63. The minimum absolute atomic E-state index is 0.135. The molecular weight excluding hydrogens is 252 g/mol. The smallest absolute Gasteiger partial charge is 0.218 e. The summed E-state index contributed by atoms with van der Waals surface area (Å²) in [5.74, 6) is 2.32. The summed E-state index contributed by atoms with van der Waals surface area (Å²) in [6.07, 6.45) is 4.29. The zero-order chi connectivity index (χ0) is 14.4. The normalized spacial score (nSPS) is 19.1. The average Bonchev–Trinajstić information content (AvgIpc) is 2.45. The third kappa shape index (κ3) is 4.34. The second-order valence-corrected chi connectivity index (χ2v) is 5.63. The predicted octanol–water partition coefficient (Wildman–Crippen LogP) is 2.09. The maximum absolute atomic E-state index is 5.65. The molecule has 0 amide bonds. The molecule has 5 heteroatoms. The molecular formula is C15H26N4O. The van der Waals surface area contributed by atoms with Crippen molar-refractivity contribution in [1.29, 1.82) is 0 Å². The van der Waals surface area contributed by atoms with E-state index in [-0.39, 0.29) is 6.10 Å². The number of aromatic nitrogens is 2. The van der Waals surface area contributed by atoms with Crippen LogP contribution in [-0.2, 0) is 0 Å². The predicted molar refractivity (Wildman–Crippen MR) is 81.3 cm³/mol. The summed E-state index contributed by atoms with van der Waals surface area (Å²) >= 11 is 0. The minimum Gasteiger partial charge on any atom is -0.475 e. The van der Waals surface area contributed by atoms with Crippen LogP contribution in [0.1, 0.15) is 33.6 Å². The average molecular weight is 278 g/mol. The topological polar surface area (TPSA) is 50.3 Å². The molecule has 2 heterocycles. The van der Waals surface area contributed by atoms with Crippen molar-refractivity contribution in [1.82, 2.24) is 15.3 Å². The maximum Gasteiger partial charge on any atom is 0.218 e. The van der Waals surface area contributed by atoms with E-state index < -0.39 is 0 Å². The first-order chi connectivity index (χ1) is 9.69. The molecule has 1 aliphatic heterocycles. The fourth-order valence-electron chi connectivity index (χ4n) is 2.58. The molecule has 0 aromatic carbocycles. The van der Waals surface area contributed by atoms with E-state index in [0.29, 0.717) is 11.8 Å². The number of hydrogen-bond acceptors (Lipinski definition) is 5. The van der Waals surface area contributed by atoms with Gasteiger partial charge in [-0.15, -0.1) is 0 Å². The number of hydrogen-bond donors (Lipinski definition) is 1. The number of nitrogens with one attached hydrogen (secondary N) is 1. The highest BCUT2D eigenvalue weighted by atomic mass is 16.5. The van der Waals surface area contributed by atoms with E-state index in [9.17, 15) is 0 Å². The molecule has 1 N–H and O–H groups in total. The zero-order valence-electron chi connectivity index (χ0n) is 12.8. The molecule has 1 fully saturated rings. The highest BCUT2D eigenvalue weighted by Gasteiger charge is 2.17. The van der Waals surface area contributed by atoms with Crippen LogP contribution in [0.4, 0.5) is 5.82 Å². The first-order valence-corrected chi connectivity index (χ1v) is 7.63. The summed E-state index contributed by atoms with van der Waals surface area (Å²) in [5.41, 5.74) is 0. The Morgan fingerprint density at radius 1 is 1.45 bits per heavy atom. The third-order valence-electron chi connectivity index (χ3n) is 3.57. The summed E-state index contributed by atoms with van der Waals surface area (Å²) in [6, 6.07) is 1.94. The largest absolute Gasteiger partial charge is 0.475 e. The molecule has 20 heavy (non-hydrogen) atoms. The number of rotatable bonds is 6. The molecule has 1 aliphatic rings. The summed E-state index contributed by atoms with van der Waals surface area (Å²) in [6.45, 7) is 10.4. The van der Waals surface area contributed by atoms with Crippen LogP contribution in [0.2, 0.25) is 0 Å². The van der Waals surface area contributed by atoms with Crippen LogP contribution in [0, 0.1) is 5.92 Å². The lowest BCUT2D eigenvalue weighted by molar-refractivity contribution is 0.232.